The molecule has 0 aromatic rings. The van der Waals surface area contributed by atoms with Crippen molar-refractivity contribution in [1.82, 2.24) is 0 Å². The van der Waals surface area contributed by atoms with Gasteiger partial charge in [-0.05, 0) is 6.08 Å². The van der Waals surface area contributed by atoms with Gasteiger partial charge in [-0.25, -0.2) is 19.4 Å². The topological polar surface area (TPSA) is 97.4 Å². The molecule has 1 aliphatic heterocycles. The molecule has 0 amide bonds. The van der Waals surface area contributed by atoms with Gasteiger partial charge in [0.15, 0.2) is 0 Å². The molecule has 0 saturated carbocycles. The van der Waals surface area contributed by atoms with Gasteiger partial charge in [0.05, 0.1) is 27.9 Å². The summed E-state index contributed by atoms with van der Waals surface area (Å²) in [6.45, 7) is -0.0382. The van der Waals surface area contributed by atoms with Crippen molar-refractivity contribution in [1.29, 1.82) is 0 Å². The summed E-state index contributed by atoms with van der Waals surface area (Å²) < 4.78 is 13.5. The third kappa shape index (κ3) is 3.52. The fraction of sp³-hybridized carbons (Fsp3) is 0.545. The van der Waals surface area contributed by atoms with E-state index in [1.807, 2.05) is 0 Å². The van der Waals surface area contributed by atoms with Gasteiger partial charge in [0.2, 0.25) is 0 Å². The summed E-state index contributed by atoms with van der Waals surface area (Å²) in [6, 6.07) is 0. The van der Waals surface area contributed by atoms with Gasteiger partial charge in [0, 0.05) is 0 Å². The normalized spacial score (nSPS) is 21.4. The maximum absolute atomic E-state index is 11.4. The van der Waals surface area contributed by atoms with E-state index < -0.39 is 29.9 Å². The molecule has 0 aromatic carbocycles. The van der Waals surface area contributed by atoms with Gasteiger partial charge in [0.25, 0.3) is 0 Å². The maximum atomic E-state index is 11.4. The van der Waals surface area contributed by atoms with Gasteiger partial charge < -0.3 is 14.2 Å². The van der Waals surface area contributed by atoms with Crippen LogP contribution in [0.5, 0.6) is 0 Å². The third-order valence-corrected chi connectivity index (χ3v) is 2.47. The molecule has 19 heavy (non-hydrogen) atoms. The van der Waals surface area contributed by atoms with Crippen LogP contribution in [0.4, 0.5) is 0 Å². The monoisotopic (exact) mass is 274 g/mol. The highest BCUT2D eigenvalue weighted by Crippen LogP contribution is 2.21. The van der Waals surface area contributed by atoms with Crippen LogP contribution < -0.4 is 0 Å². The molecule has 0 spiro atoms. The van der Waals surface area contributed by atoms with Crippen molar-refractivity contribution in [2.75, 3.05) is 27.9 Å². The standard InChI is InChI=1S/C11H14O8/c1-15-9(12)6(10(13)16-2)4-8-7(5-18-19-8)11(14)17-3/h4,7-8H,5H2,1-3H3/t7-,8-/m0/s1. The number of hydrogen-bond acceptors (Lipinski definition) is 8. The first-order valence-electron chi connectivity index (χ1n) is 5.29. The molecule has 0 unspecified atom stereocenters. The summed E-state index contributed by atoms with van der Waals surface area (Å²) in [5.74, 6) is -3.14. The predicted octanol–water partition coefficient (Wildman–Crippen LogP) is -0.622. The lowest BCUT2D eigenvalue weighted by molar-refractivity contribution is -0.265. The molecule has 1 aliphatic rings. The fourth-order valence-electron chi connectivity index (χ4n) is 1.45. The predicted molar refractivity (Wildman–Crippen MR) is 58.4 cm³/mol. The third-order valence-electron chi connectivity index (χ3n) is 2.47. The van der Waals surface area contributed by atoms with Gasteiger partial charge in [-0.15, -0.1) is 0 Å². The number of hydrogen-bond donors (Lipinski definition) is 0. The van der Waals surface area contributed by atoms with E-state index in [-0.39, 0.29) is 12.2 Å². The first kappa shape index (κ1) is 15.1. The largest absolute Gasteiger partial charge is 0.469 e. The smallest absolute Gasteiger partial charge is 0.345 e. The van der Waals surface area contributed by atoms with Crippen LogP contribution in [-0.4, -0.2) is 51.9 Å². The second kappa shape index (κ2) is 6.86. The van der Waals surface area contributed by atoms with E-state index in [0.29, 0.717) is 0 Å². The van der Waals surface area contributed by atoms with Crippen LogP contribution in [0.15, 0.2) is 11.6 Å². The Morgan fingerprint density at radius 1 is 1.05 bits per heavy atom. The molecule has 0 aliphatic carbocycles. The summed E-state index contributed by atoms with van der Waals surface area (Å²) in [6.07, 6.45) is 0.187. The summed E-state index contributed by atoms with van der Waals surface area (Å²) in [5.41, 5.74) is -0.380. The fourth-order valence-corrected chi connectivity index (χ4v) is 1.45. The number of rotatable bonds is 4. The van der Waals surface area contributed by atoms with Crippen LogP contribution in [0.1, 0.15) is 0 Å². The van der Waals surface area contributed by atoms with E-state index in [2.05, 4.69) is 19.1 Å². The summed E-state index contributed by atoms with van der Waals surface area (Å²) in [5, 5.41) is 0. The van der Waals surface area contributed by atoms with E-state index in [1.54, 1.807) is 0 Å². The van der Waals surface area contributed by atoms with Crippen molar-refractivity contribution >= 4 is 17.9 Å². The molecule has 1 rings (SSSR count). The van der Waals surface area contributed by atoms with Crippen LogP contribution in [-0.2, 0) is 38.4 Å². The zero-order valence-electron chi connectivity index (χ0n) is 10.7. The highest BCUT2D eigenvalue weighted by molar-refractivity contribution is 6.14. The molecule has 1 heterocycles. The van der Waals surface area contributed by atoms with Crippen molar-refractivity contribution in [3.8, 4) is 0 Å². The second-order valence-electron chi connectivity index (χ2n) is 3.54. The summed E-state index contributed by atoms with van der Waals surface area (Å²) >= 11 is 0. The number of ether oxygens (including phenoxy) is 3. The zero-order valence-corrected chi connectivity index (χ0v) is 10.7. The lowest BCUT2D eigenvalue weighted by Gasteiger charge is -2.11. The number of esters is 3. The molecule has 0 radical (unpaired) electrons. The lowest BCUT2D eigenvalue weighted by Crippen LogP contribution is -2.28. The molecular formula is C11H14O8. The van der Waals surface area contributed by atoms with E-state index in [9.17, 15) is 14.4 Å². The van der Waals surface area contributed by atoms with Crippen molar-refractivity contribution < 1.29 is 38.4 Å². The first-order chi connectivity index (χ1) is 9.04. The highest BCUT2D eigenvalue weighted by Gasteiger charge is 2.37. The Bertz CT molecular complexity index is 381. The lowest BCUT2D eigenvalue weighted by atomic mass is 10.0. The quantitative estimate of drug-likeness (QED) is 0.167. The Morgan fingerprint density at radius 2 is 1.63 bits per heavy atom. The summed E-state index contributed by atoms with van der Waals surface area (Å²) in [4.78, 5) is 43.8. The van der Waals surface area contributed by atoms with Crippen LogP contribution >= 0.6 is 0 Å². The Kier molecular flexibility index (Phi) is 5.46. The number of carbonyl (C=O) groups is 3. The van der Waals surface area contributed by atoms with E-state index in [0.717, 1.165) is 20.3 Å². The van der Waals surface area contributed by atoms with Crippen molar-refractivity contribution in [3.63, 3.8) is 0 Å². The van der Waals surface area contributed by atoms with Crippen LogP contribution in [0.25, 0.3) is 0 Å². The average Bonchev–Trinajstić information content (AvgIpc) is 2.90. The van der Waals surface area contributed by atoms with Gasteiger partial charge in [0.1, 0.15) is 17.6 Å². The van der Waals surface area contributed by atoms with Crippen LogP contribution in [0.2, 0.25) is 0 Å². The van der Waals surface area contributed by atoms with Crippen LogP contribution in [0.3, 0.4) is 0 Å². The molecule has 8 nitrogen and oxygen atoms in total. The molecule has 0 N–H and O–H groups in total. The van der Waals surface area contributed by atoms with Crippen molar-refractivity contribution in [3.05, 3.63) is 11.6 Å². The van der Waals surface area contributed by atoms with Crippen LogP contribution in [0, 0.1) is 5.92 Å². The Hall–Kier alpha value is -1.93. The number of carbonyl (C=O) groups excluding carboxylic acids is 3. The van der Waals surface area contributed by atoms with Crippen molar-refractivity contribution in [2.24, 2.45) is 5.92 Å². The molecule has 2 atom stereocenters. The first-order valence-corrected chi connectivity index (χ1v) is 5.29. The molecule has 0 bridgehead atoms. The minimum atomic E-state index is -0.930. The molecular weight excluding hydrogens is 260 g/mol. The minimum Gasteiger partial charge on any atom is -0.469 e. The van der Waals surface area contributed by atoms with Gasteiger partial charge >= 0.3 is 17.9 Å². The van der Waals surface area contributed by atoms with Gasteiger partial charge in [-0.1, -0.05) is 0 Å². The second-order valence-corrected chi connectivity index (χ2v) is 3.54. The van der Waals surface area contributed by atoms with E-state index >= 15 is 0 Å². The van der Waals surface area contributed by atoms with Gasteiger partial charge in [-0.2, -0.15) is 0 Å². The zero-order chi connectivity index (χ0) is 14.4. The Morgan fingerprint density at radius 3 is 2.11 bits per heavy atom. The summed E-state index contributed by atoms with van der Waals surface area (Å²) in [7, 11) is 3.44. The SMILES string of the molecule is COC(=O)C(=C[C@@H]1OOC[C@@H]1C(=O)OC)C(=O)OC. The molecule has 0 aromatic heterocycles. The minimum absolute atomic E-state index is 0.0382. The van der Waals surface area contributed by atoms with E-state index in [1.165, 1.54) is 7.11 Å². The van der Waals surface area contributed by atoms with Gasteiger partial charge in [-0.3, -0.25) is 4.79 Å². The Balaban J connectivity index is 2.97. The molecule has 106 valence electrons. The maximum Gasteiger partial charge on any atom is 0.345 e. The van der Waals surface area contributed by atoms with Crippen molar-refractivity contribution in [2.45, 2.75) is 6.10 Å². The molecule has 1 saturated heterocycles. The molecule has 1 fully saturated rings. The average molecular weight is 274 g/mol. The molecule has 8 heteroatoms. The highest BCUT2D eigenvalue weighted by atomic mass is 17.2. The van der Waals surface area contributed by atoms with E-state index in [4.69, 9.17) is 4.89 Å². The Labute approximate surface area is 109 Å². The number of methoxy groups -OCH3 is 3.